The van der Waals surface area contributed by atoms with Crippen molar-refractivity contribution in [1.29, 1.82) is 0 Å². The number of rotatable bonds is 7. The third-order valence-corrected chi connectivity index (χ3v) is 7.85. The molecule has 0 bridgehead atoms. The summed E-state index contributed by atoms with van der Waals surface area (Å²) in [7, 11) is -3.49. The first-order chi connectivity index (χ1) is 15.2. The molecule has 0 aliphatic carbocycles. The maximum Gasteiger partial charge on any atom is 0.218 e. The monoisotopic (exact) mass is 459 g/mol. The molecule has 4 heterocycles. The number of sulfone groups is 1. The maximum atomic E-state index is 13.0. The lowest BCUT2D eigenvalue weighted by atomic mass is 10.0. The molecule has 9 nitrogen and oxygen atoms in total. The molecule has 172 valence electrons. The fourth-order valence-electron chi connectivity index (χ4n) is 3.92. The quantitative estimate of drug-likeness (QED) is 0.572. The minimum Gasteiger partial charge on any atom is -0.388 e. The molecular weight excluding hydrogens is 430 g/mol. The Kier molecular flexibility index (Phi) is 6.22. The Bertz CT molecular complexity index is 1070. The average Bonchev–Trinajstić information content (AvgIpc) is 3.33. The van der Waals surface area contributed by atoms with Crippen molar-refractivity contribution in [1.82, 2.24) is 25.4 Å². The van der Waals surface area contributed by atoms with Crippen molar-refractivity contribution < 1.29 is 18.3 Å². The molecule has 2 aromatic rings. The van der Waals surface area contributed by atoms with Crippen LogP contribution < -0.4 is 5.32 Å². The molecule has 4 rings (SSSR count). The number of allylic oxidation sites excluding steroid dienone is 2. The van der Waals surface area contributed by atoms with Crippen molar-refractivity contribution in [3.8, 4) is 0 Å². The lowest BCUT2D eigenvalue weighted by Crippen LogP contribution is -2.62. The summed E-state index contributed by atoms with van der Waals surface area (Å²) in [5, 5.41) is 20.0. The van der Waals surface area contributed by atoms with Crippen LogP contribution >= 0.6 is 0 Å². The van der Waals surface area contributed by atoms with Gasteiger partial charge in [-0.3, -0.25) is 10.00 Å². The van der Waals surface area contributed by atoms with Gasteiger partial charge in [-0.25, -0.2) is 13.4 Å². The van der Waals surface area contributed by atoms with Crippen LogP contribution in [0.3, 0.4) is 0 Å². The molecule has 0 radical (unpaired) electrons. The molecule has 10 heteroatoms. The second-order valence-electron chi connectivity index (χ2n) is 8.76. The molecule has 32 heavy (non-hydrogen) atoms. The molecular formula is C22H29N5O4S. The van der Waals surface area contributed by atoms with E-state index in [1.165, 1.54) is 6.20 Å². The van der Waals surface area contributed by atoms with E-state index in [1.54, 1.807) is 44.4 Å². The molecule has 2 aliphatic heterocycles. The smallest absolute Gasteiger partial charge is 0.218 e. The van der Waals surface area contributed by atoms with E-state index in [4.69, 9.17) is 4.74 Å². The molecule has 3 N–H and O–H groups in total. The molecule has 2 aromatic heterocycles. The normalized spacial score (nSPS) is 23.0. The summed E-state index contributed by atoms with van der Waals surface area (Å²) in [6, 6.07) is 4.94. The number of aliphatic hydroxyl groups is 1. The van der Waals surface area contributed by atoms with Crippen molar-refractivity contribution >= 4 is 15.4 Å². The fraction of sp³-hybridized carbons (Fsp3) is 0.455. The zero-order chi connectivity index (χ0) is 22.8. The molecule has 0 saturated carbocycles. The zero-order valence-corrected chi connectivity index (χ0v) is 19.0. The number of piperidine rings is 1. The Morgan fingerprint density at radius 3 is 2.66 bits per heavy atom. The highest BCUT2D eigenvalue weighted by molar-refractivity contribution is 7.92. The van der Waals surface area contributed by atoms with Crippen LogP contribution in [0, 0.1) is 0 Å². The highest BCUT2D eigenvalue weighted by atomic mass is 32.2. The van der Waals surface area contributed by atoms with Gasteiger partial charge in [0.2, 0.25) is 5.85 Å². The number of ether oxygens (including phenoxy) is 1. The van der Waals surface area contributed by atoms with Crippen molar-refractivity contribution in [2.24, 2.45) is 0 Å². The number of nitrogens with one attached hydrogen (secondary N) is 2. The van der Waals surface area contributed by atoms with Crippen molar-refractivity contribution in [2.45, 2.75) is 48.4 Å². The Balaban J connectivity index is 1.50. The number of dihydropyridines is 1. The van der Waals surface area contributed by atoms with Crippen molar-refractivity contribution in [3.05, 3.63) is 60.7 Å². The SMILES string of the molecule is CC(C)(O)COC1(N2CCC(S(=O)(=O)c3ccccn3)CC2)C=CC(c2cn[nH]c2)=CN1. The van der Waals surface area contributed by atoms with E-state index < -0.39 is 26.5 Å². The largest absolute Gasteiger partial charge is 0.388 e. The summed E-state index contributed by atoms with van der Waals surface area (Å²) in [5.41, 5.74) is 0.858. The van der Waals surface area contributed by atoms with E-state index in [0.29, 0.717) is 25.9 Å². The second kappa shape index (κ2) is 8.78. The Labute approximate surface area is 188 Å². The average molecular weight is 460 g/mol. The lowest BCUT2D eigenvalue weighted by molar-refractivity contribution is -0.173. The molecule has 1 fully saturated rings. The summed E-state index contributed by atoms with van der Waals surface area (Å²) < 4.78 is 32.2. The number of hydrogen-bond acceptors (Lipinski definition) is 8. The summed E-state index contributed by atoms with van der Waals surface area (Å²) in [6.45, 7) is 4.49. The first kappa shape index (κ1) is 22.7. The predicted molar refractivity (Wildman–Crippen MR) is 120 cm³/mol. The van der Waals surface area contributed by atoms with Crippen LogP contribution in [-0.2, 0) is 14.6 Å². The summed E-state index contributed by atoms with van der Waals surface area (Å²) >= 11 is 0. The first-order valence-corrected chi connectivity index (χ1v) is 12.2. The van der Waals surface area contributed by atoms with Gasteiger partial charge < -0.3 is 15.2 Å². The Hall–Kier alpha value is -2.53. The predicted octanol–water partition coefficient (Wildman–Crippen LogP) is 1.68. The Morgan fingerprint density at radius 2 is 2.09 bits per heavy atom. The maximum absolute atomic E-state index is 13.0. The van der Waals surface area contributed by atoms with Crippen molar-refractivity contribution in [3.63, 3.8) is 0 Å². The molecule has 1 saturated heterocycles. The summed E-state index contributed by atoms with van der Waals surface area (Å²) in [5.74, 6) is -0.979. The van der Waals surface area contributed by atoms with Gasteiger partial charge in [0.1, 0.15) is 0 Å². The highest BCUT2D eigenvalue weighted by Gasteiger charge is 2.42. The van der Waals surface area contributed by atoms with Gasteiger partial charge in [-0.2, -0.15) is 5.10 Å². The number of aromatic nitrogens is 3. The zero-order valence-electron chi connectivity index (χ0n) is 18.2. The molecule has 0 spiro atoms. The van der Waals surface area contributed by atoms with Gasteiger partial charge >= 0.3 is 0 Å². The minimum atomic E-state index is -3.49. The second-order valence-corrected chi connectivity index (χ2v) is 10.9. The van der Waals surface area contributed by atoms with Gasteiger partial charge in [0, 0.05) is 42.8 Å². The van der Waals surface area contributed by atoms with Gasteiger partial charge in [0.25, 0.3) is 0 Å². The summed E-state index contributed by atoms with van der Waals surface area (Å²) in [6.07, 6.45) is 11.7. The molecule has 2 aliphatic rings. The number of likely N-dealkylation sites (tertiary alicyclic amines) is 1. The third kappa shape index (κ3) is 4.78. The van der Waals surface area contributed by atoms with Gasteiger partial charge in [-0.1, -0.05) is 12.1 Å². The van der Waals surface area contributed by atoms with Gasteiger partial charge in [-0.05, 0) is 44.9 Å². The fourth-order valence-corrected chi connectivity index (χ4v) is 5.57. The van der Waals surface area contributed by atoms with E-state index in [0.717, 1.165) is 11.1 Å². The number of hydrogen-bond donors (Lipinski definition) is 3. The van der Waals surface area contributed by atoms with Crippen LogP contribution in [-0.4, -0.2) is 70.0 Å². The van der Waals surface area contributed by atoms with Crippen LogP contribution in [0.25, 0.3) is 5.57 Å². The number of H-pyrrole nitrogens is 1. The number of aromatic amines is 1. The standard InChI is InChI=1S/C22H29N5O4S/c1-21(2,28)16-31-22(9-6-17(13-24-22)18-14-25-26-15-18)27-11-7-19(8-12-27)32(29,30)20-5-3-4-10-23-20/h3-6,9-10,13-15,19,24,28H,7-8,11-12,16H2,1-2H3,(H,25,26). The topological polar surface area (TPSA) is 120 Å². The van der Waals surface area contributed by atoms with Gasteiger partial charge in [0.05, 0.1) is 23.7 Å². The molecule has 0 aromatic carbocycles. The number of nitrogens with zero attached hydrogens (tertiary/aromatic N) is 3. The minimum absolute atomic E-state index is 0.103. The summed E-state index contributed by atoms with van der Waals surface area (Å²) in [4.78, 5) is 6.12. The molecule has 1 unspecified atom stereocenters. The van der Waals surface area contributed by atoms with E-state index in [9.17, 15) is 13.5 Å². The van der Waals surface area contributed by atoms with Crippen molar-refractivity contribution in [2.75, 3.05) is 19.7 Å². The van der Waals surface area contributed by atoms with E-state index in [1.807, 2.05) is 18.4 Å². The van der Waals surface area contributed by atoms with E-state index in [2.05, 4.69) is 25.4 Å². The van der Waals surface area contributed by atoms with Gasteiger partial charge in [0.15, 0.2) is 14.9 Å². The van der Waals surface area contributed by atoms with Crippen LogP contribution in [0.15, 0.2) is 60.2 Å². The van der Waals surface area contributed by atoms with Crippen LogP contribution in [0.2, 0.25) is 0 Å². The lowest BCUT2D eigenvalue weighted by Gasteiger charge is -2.46. The van der Waals surface area contributed by atoms with E-state index in [-0.39, 0.29) is 11.6 Å². The molecule has 1 atom stereocenters. The van der Waals surface area contributed by atoms with Crippen LogP contribution in [0.1, 0.15) is 32.3 Å². The van der Waals surface area contributed by atoms with Gasteiger partial charge in [-0.15, -0.1) is 0 Å². The highest BCUT2D eigenvalue weighted by Crippen LogP contribution is 2.31. The van der Waals surface area contributed by atoms with E-state index >= 15 is 0 Å². The molecule has 0 amide bonds. The first-order valence-electron chi connectivity index (χ1n) is 10.6. The number of pyridine rings is 1. The van der Waals surface area contributed by atoms with Crippen LogP contribution in [0.5, 0.6) is 0 Å². The Morgan fingerprint density at radius 1 is 1.31 bits per heavy atom. The van der Waals surface area contributed by atoms with Crippen LogP contribution in [0.4, 0.5) is 0 Å². The third-order valence-electron chi connectivity index (χ3n) is 5.68.